The highest BCUT2D eigenvalue weighted by Gasteiger charge is 2.21. The number of aromatic nitrogens is 1. The number of hydrazone groups is 1. The molecule has 2 heterocycles. The maximum absolute atomic E-state index is 12.2. The fourth-order valence-electron chi connectivity index (χ4n) is 2.32. The van der Waals surface area contributed by atoms with E-state index in [0.29, 0.717) is 24.2 Å². The minimum absolute atomic E-state index is 0.0773. The topological polar surface area (TPSA) is 74.7 Å². The summed E-state index contributed by atoms with van der Waals surface area (Å²) < 4.78 is 0. The quantitative estimate of drug-likeness (QED) is 0.838. The lowest BCUT2D eigenvalue weighted by molar-refractivity contribution is -0.130. The lowest BCUT2D eigenvalue weighted by Crippen LogP contribution is -2.34. The van der Waals surface area contributed by atoms with E-state index in [1.54, 1.807) is 25.0 Å². The van der Waals surface area contributed by atoms with Gasteiger partial charge in [-0.3, -0.25) is 14.6 Å². The number of hydrogen-bond acceptors (Lipinski definition) is 5. The minimum atomic E-state index is -0.268. The molecule has 1 aromatic heterocycles. The SMILES string of the molecule is CN1N=C(C(=O)Nc2ccc(SCc3cccnc3)cc2)CCC1=O. The van der Waals surface area contributed by atoms with Gasteiger partial charge < -0.3 is 5.32 Å². The molecule has 0 radical (unpaired) electrons. The molecule has 0 fully saturated rings. The molecule has 0 unspecified atom stereocenters. The first-order valence-corrected chi connectivity index (χ1v) is 8.87. The number of pyridine rings is 1. The van der Waals surface area contributed by atoms with Gasteiger partial charge in [-0.1, -0.05) is 6.07 Å². The first kappa shape index (κ1) is 17.2. The van der Waals surface area contributed by atoms with E-state index in [-0.39, 0.29) is 11.8 Å². The summed E-state index contributed by atoms with van der Waals surface area (Å²) in [7, 11) is 1.56. The van der Waals surface area contributed by atoms with Gasteiger partial charge >= 0.3 is 0 Å². The molecule has 0 saturated carbocycles. The second-order valence-electron chi connectivity index (χ2n) is 5.59. The van der Waals surface area contributed by atoms with Crippen molar-refractivity contribution in [2.75, 3.05) is 12.4 Å². The highest BCUT2D eigenvalue weighted by atomic mass is 32.2. The van der Waals surface area contributed by atoms with E-state index in [0.717, 1.165) is 10.6 Å². The predicted molar refractivity (Wildman–Crippen MR) is 98.3 cm³/mol. The van der Waals surface area contributed by atoms with Crippen molar-refractivity contribution in [3.05, 3.63) is 54.4 Å². The first-order chi connectivity index (χ1) is 12.1. The van der Waals surface area contributed by atoms with Crippen LogP contribution in [0, 0.1) is 0 Å². The number of nitrogens with zero attached hydrogens (tertiary/aromatic N) is 3. The zero-order valence-corrected chi connectivity index (χ0v) is 14.6. The third kappa shape index (κ3) is 4.67. The number of benzene rings is 1. The van der Waals surface area contributed by atoms with E-state index in [1.807, 2.05) is 42.6 Å². The standard InChI is InChI=1S/C18H18N4O2S/c1-22-17(23)9-8-16(21-22)18(24)20-14-4-6-15(7-5-14)25-12-13-3-2-10-19-11-13/h2-7,10-11H,8-9,12H2,1H3,(H,20,24). The van der Waals surface area contributed by atoms with Gasteiger partial charge in [0, 0.05) is 48.6 Å². The van der Waals surface area contributed by atoms with Crippen LogP contribution in [0.2, 0.25) is 0 Å². The molecule has 25 heavy (non-hydrogen) atoms. The van der Waals surface area contributed by atoms with Gasteiger partial charge in [-0.05, 0) is 35.9 Å². The monoisotopic (exact) mass is 354 g/mol. The van der Waals surface area contributed by atoms with E-state index in [2.05, 4.69) is 15.4 Å². The van der Waals surface area contributed by atoms with Crippen LogP contribution in [0.25, 0.3) is 0 Å². The lowest BCUT2D eigenvalue weighted by Gasteiger charge is -2.18. The summed E-state index contributed by atoms with van der Waals surface area (Å²) >= 11 is 1.71. The number of carbonyl (C=O) groups excluding carboxylic acids is 2. The molecular formula is C18H18N4O2S. The molecule has 7 heteroatoms. The van der Waals surface area contributed by atoms with Gasteiger partial charge in [0.15, 0.2) is 0 Å². The van der Waals surface area contributed by atoms with Crippen molar-refractivity contribution >= 4 is 35.0 Å². The molecule has 0 spiro atoms. The lowest BCUT2D eigenvalue weighted by atomic mass is 10.1. The van der Waals surface area contributed by atoms with Crippen LogP contribution in [-0.2, 0) is 15.3 Å². The third-order valence-electron chi connectivity index (χ3n) is 3.71. The maximum atomic E-state index is 12.2. The van der Waals surface area contributed by atoms with Gasteiger partial charge in [0.05, 0.1) is 0 Å². The van der Waals surface area contributed by atoms with Gasteiger partial charge in [0.2, 0.25) is 5.91 Å². The summed E-state index contributed by atoms with van der Waals surface area (Å²) in [5.74, 6) is 0.498. The average Bonchev–Trinajstić information content (AvgIpc) is 2.64. The van der Waals surface area contributed by atoms with Gasteiger partial charge in [-0.25, -0.2) is 5.01 Å². The van der Waals surface area contributed by atoms with E-state index < -0.39 is 0 Å². The Morgan fingerprint density at radius 3 is 2.72 bits per heavy atom. The Bertz CT molecular complexity index is 790. The number of amides is 2. The van der Waals surface area contributed by atoms with Crippen LogP contribution in [0.15, 0.2) is 58.8 Å². The van der Waals surface area contributed by atoms with Crippen LogP contribution >= 0.6 is 11.8 Å². The predicted octanol–water partition coefficient (Wildman–Crippen LogP) is 2.92. The number of hydrogen-bond donors (Lipinski definition) is 1. The van der Waals surface area contributed by atoms with E-state index in [4.69, 9.17) is 0 Å². The fraction of sp³-hybridized carbons (Fsp3) is 0.222. The first-order valence-electron chi connectivity index (χ1n) is 7.89. The number of anilines is 1. The van der Waals surface area contributed by atoms with E-state index >= 15 is 0 Å². The summed E-state index contributed by atoms with van der Waals surface area (Å²) in [6.45, 7) is 0. The Morgan fingerprint density at radius 1 is 1.24 bits per heavy atom. The van der Waals surface area contributed by atoms with Gasteiger partial charge in [0.25, 0.3) is 5.91 Å². The summed E-state index contributed by atoms with van der Waals surface area (Å²) in [5, 5.41) is 8.06. The normalized spacial score (nSPS) is 14.2. The summed E-state index contributed by atoms with van der Waals surface area (Å²) in [6, 6.07) is 11.6. The van der Waals surface area contributed by atoms with Crippen molar-refractivity contribution in [3.8, 4) is 0 Å². The Kier molecular flexibility index (Phi) is 5.45. The molecule has 2 aromatic rings. The zero-order valence-electron chi connectivity index (χ0n) is 13.8. The molecule has 1 aliphatic rings. The van der Waals surface area contributed by atoms with Crippen LogP contribution in [0.5, 0.6) is 0 Å². The fourth-order valence-corrected chi connectivity index (χ4v) is 3.15. The second kappa shape index (κ2) is 7.94. The maximum Gasteiger partial charge on any atom is 0.271 e. The summed E-state index contributed by atoms with van der Waals surface area (Å²) in [5.41, 5.74) is 2.24. The molecule has 2 amide bonds. The number of carbonyl (C=O) groups is 2. The molecule has 1 N–H and O–H groups in total. The van der Waals surface area contributed by atoms with Crippen LogP contribution in [0.3, 0.4) is 0 Å². The summed E-state index contributed by atoms with van der Waals surface area (Å²) in [4.78, 5) is 28.8. The van der Waals surface area contributed by atoms with Crippen LogP contribution in [-0.4, -0.2) is 34.6 Å². The molecule has 1 aromatic carbocycles. The molecular weight excluding hydrogens is 336 g/mol. The highest BCUT2D eigenvalue weighted by molar-refractivity contribution is 7.98. The highest BCUT2D eigenvalue weighted by Crippen LogP contribution is 2.24. The number of nitrogens with one attached hydrogen (secondary N) is 1. The zero-order chi connectivity index (χ0) is 17.6. The molecule has 0 saturated heterocycles. The number of thioether (sulfide) groups is 1. The van der Waals surface area contributed by atoms with Crippen molar-refractivity contribution in [1.29, 1.82) is 0 Å². The summed E-state index contributed by atoms with van der Waals surface area (Å²) in [6.07, 6.45) is 4.30. The van der Waals surface area contributed by atoms with E-state index in [9.17, 15) is 9.59 Å². The molecule has 6 nitrogen and oxygen atoms in total. The Labute approximate surface area is 150 Å². The van der Waals surface area contributed by atoms with Gasteiger partial charge in [-0.2, -0.15) is 5.10 Å². The third-order valence-corrected chi connectivity index (χ3v) is 4.79. The van der Waals surface area contributed by atoms with Crippen LogP contribution in [0.1, 0.15) is 18.4 Å². The van der Waals surface area contributed by atoms with Crippen molar-refractivity contribution < 1.29 is 9.59 Å². The van der Waals surface area contributed by atoms with Gasteiger partial charge in [0.1, 0.15) is 5.71 Å². The largest absolute Gasteiger partial charge is 0.321 e. The van der Waals surface area contributed by atoms with Crippen molar-refractivity contribution in [1.82, 2.24) is 9.99 Å². The number of rotatable bonds is 5. The van der Waals surface area contributed by atoms with Gasteiger partial charge in [-0.15, -0.1) is 11.8 Å². The van der Waals surface area contributed by atoms with Crippen molar-refractivity contribution in [3.63, 3.8) is 0 Å². The molecule has 3 rings (SSSR count). The molecule has 0 bridgehead atoms. The van der Waals surface area contributed by atoms with Crippen LogP contribution < -0.4 is 5.32 Å². The molecule has 128 valence electrons. The van der Waals surface area contributed by atoms with Crippen molar-refractivity contribution in [2.45, 2.75) is 23.5 Å². The van der Waals surface area contributed by atoms with Crippen LogP contribution in [0.4, 0.5) is 5.69 Å². The Hall–Kier alpha value is -2.67. The van der Waals surface area contributed by atoms with E-state index in [1.165, 1.54) is 10.6 Å². The molecule has 0 atom stereocenters. The Morgan fingerprint density at radius 2 is 2.04 bits per heavy atom. The smallest absolute Gasteiger partial charge is 0.271 e. The molecule has 1 aliphatic heterocycles. The average molecular weight is 354 g/mol. The van der Waals surface area contributed by atoms with Crippen molar-refractivity contribution in [2.24, 2.45) is 5.10 Å². The Balaban J connectivity index is 1.56. The molecule has 0 aliphatic carbocycles. The minimum Gasteiger partial charge on any atom is -0.321 e. The second-order valence-corrected chi connectivity index (χ2v) is 6.64.